The number of aromatic nitrogens is 3. The maximum atomic E-state index is 15.7. The second kappa shape index (κ2) is 7.15. The van der Waals surface area contributed by atoms with Crippen molar-refractivity contribution in [1.29, 1.82) is 0 Å². The fourth-order valence-electron chi connectivity index (χ4n) is 3.40. The van der Waals surface area contributed by atoms with Crippen molar-refractivity contribution in [2.45, 2.75) is 25.4 Å². The zero-order valence-electron chi connectivity index (χ0n) is 14.9. The Balaban J connectivity index is 1.88. The number of aryl methyl sites for hydroxylation is 2. The highest BCUT2D eigenvalue weighted by Crippen LogP contribution is 2.37. The molecule has 1 aliphatic heterocycles. The zero-order valence-corrected chi connectivity index (χ0v) is 15.6. The van der Waals surface area contributed by atoms with Crippen LogP contribution in [-0.4, -0.2) is 49.9 Å². The van der Waals surface area contributed by atoms with Crippen LogP contribution in [-0.2, 0) is 12.7 Å². The minimum absolute atomic E-state index is 0.0740. The first-order valence-electron chi connectivity index (χ1n) is 8.34. The van der Waals surface area contributed by atoms with Gasteiger partial charge in [-0.2, -0.15) is 5.10 Å². The minimum atomic E-state index is -1.80. The van der Waals surface area contributed by atoms with Crippen molar-refractivity contribution in [3.05, 3.63) is 40.3 Å². The molecule has 1 unspecified atom stereocenters. The summed E-state index contributed by atoms with van der Waals surface area (Å²) in [5, 5.41) is 15.4. The maximum Gasteiger partial charge on any atom is 0.410 e. The number of rotatable bonds is 3. The van der Waals surface area contributed by atoms with E-state index in [1.807, 2.05) is 0 Å². The lowest BCUT2D eigenvalue weighted by molar-refractivity contribution is 0.0302. The van der Waals surface area contributed by atoms with Gasteiger partial charge in [-0.3, -0.25) is 19.8 Å². The Morgan fingerprint density at radius 3 is 2.85 bits per heavy atom. The number of amides is 2. The number of pyridine rings is 1. The molecule has 0 saturated carbocycles. The summed E-state index contributed by atoms with van der Waals surface area (Å²) in [5.41, 5.74) is -0.844. The summed E-state index contributed by atoms with van der Waals surface area (Å²) in [6, 6.07) is 1.64. The van der Waals surface area contributed by atoms with Crippen LogP contribution in [0, 0.1) is 6.92 Å². The number of carbonyl (C=O) groups is 2. The van der Waals surface area contributed by atoms with Crippen molar-refractivity contribution < 1.29 is 19.1 Å². The highest BCUT2D eigenvalue weighted by Gasteiger charge is 2.41. The first kappa shape index (κ1) is 19.1. The Morgan fingerprint density at radius 2 is 2.19 bits per heavy atom. The van der Waals surface area contributed by atoms with E-state index in [0.29, 0.717) is 23.6 Å². The zero-order chi connectivity index (χ0) is 19.8. The van der Waals surface area contributed by atoms with Crippen molar-refractivity contribution in [3.8, 4) is 0 Å². The van der Waals surface area contributed by atoms with E-state index in [-0.39, 0.29) is 30.0 Å². The van der Waals surface area contributed by atoms with E-state index in [1.54, 1.807) is 20.0 Å². The fraction of sp³-hybridized carbons (Fsp3) is 0.412. The molecule has 0 bridgehead atoms. The Labute approximate surface area is 159 Å². The van der Waals surface area contributed by atoms with Gasteiger partial charge in [-0.15, -0.1) is 0 Å². The van der Waals surface area contributed by atoms with Crippen LogP contribution in [0.5, 0.6) is 0 Å². The number of carbonyl (C=O) groups excluding carboxylic acids is 1. The lowest BCUT2D eigenvalue weighted by Gasteiger charge is -2.37. The monoisotopic (exact) mass is 395 g/mol. The molecule has 10 heteroatoms. The molecule has 0 radical (unpaired) electrons. The van der Waals surface area contributed by atoms with E-state index in [1.165, 1.54) is 22.0 Å². The number of anilines is 1. The van der Waals surface area contributed by atoms with Gasteiger partial charge in [0.25, 0.3) is 5.91 Å². The first-order valence-corrected chi connectivity index (χ1v) is 8.72. The Morgan fingerprint density at radius 1 is 1.44 bits per heavy atom. The maximum absolute atomic E-state index is 15.7. The molecule has 2 aromatic heterocycles. The summed E-state index contributed by atoms with van der Waals surface area (Å²) in [5.74, 6) is -0.564. The second-order valence-corrected chi connectivity index (χ2v) is 7.05. The van der Waals surface area contributed by atoms with Crippen molar-refractivity contribution in [3.63, 3.8) is 0 Å². The molecule has 2 aromatic rings. The van der Waals surface area contributed by atoms with Crippen molar-refractivity contribution in [2.75, 3.05) is 18.4 Å². The molecule has 27 heavy (non-hydrogen) atoms. The molecule has 1 saturated heterocycles. The molecule has 0 aliphatic carbocycles. The highest BCUT2D eigenvalue weighted by atomic mass is 35.5. The summed E-state index contributed by atoms with van der Waals surface area (Å²) >= 11 is 5.91. The number of nitrogens with zero attached hydrogens (tertiary/aromatic N) is 4. The molecule has 1 atom stereocenters. The average molecular weight is 396 g/mol. The van der Waals surface area contributed by atoms with Crippen LogP contribution in [0.4, 0.5) is 15.0 Å². The number of halogens is 2. The van der Waals surface area contributed by atoms with E-state index >= 15 is 4.39 Å². The Kier molecular flexibility index (Phi) is 5.05. The van der Waals surface area contributed by atoms with Gasteiger partial charge in [0, 0.05) is 26.0 Å². The van der Waals surface area contributed by atoms with Crippen molar-refractivity contribution in [2.24, 2.45) is 7.05 Å². The van der Waals surface area contributed by atoms with E-state index in [9.17, 15) is 9.59 Å². The largest absolute Gasteiger partial charge is 0.465 e. The molecular weight excluding hydrogens is 377 g/mol. The van der Waals surface area contributed by atoms with Gasteiger partial charge in [-0.25, -0.2) is 9.18 Å². The van der Waals surface area contributed by atoms with E-state index < -0.39 is 17.7 Å². The topological polar surface area (TPSA) is 100 Å². The van der Waals surface area contributed by atoms with Gasteiger partial charge in [0.05, 0.1) is 17.3 Å². The number of hydrogen-bond acceptors (Lipinski definition) is 4. The van der Waals surface area contributed by atoms with Crippen LogP contribution in [0.15, 0.2) is 18.5 Å². The van der Waals surface area contributed by atoms with Gasteiger partial charge in [0.1, 0.15) is 5.56 Å². The fourth-order valence-corrected chi connectivity index (χ4v) is 3.61. The third kappa shape index (κ3) is 3.87. The van der Waals surface area contributed by atoms with Crippen LogP contribution < -0.4 is 5.32 Å². The molecule has 144 valence electrons. The third-order valence-corrected chi connectivity index (χ3v) is 4.69. The van der Waals surface area contributed by atoms with Gasteiger partial charge >= 0.3 is 6.09 Å². The number of hydrogen-bond donors (Lipinski definition) is 2. The summed E-state index contributed by atoms with van der Waals surface area (Å²) in [6.45, 7) is 1.91. The van der Waals surface area contributed by atoms with Crippen LogP contribution in [0.3, 0.4) is 0 Å². The number of carboxylic acid groups (broad SMARTS) is 1. The number of nitrogens with one attached hydrogen (secondary N) is 1. The summed E-state index contributed by atoms with van der Waals surface area (Å²) < 4.78 is 17.0. The molecule has 2 N–H and O–H groups in total. The molecule has 1 aliphatic rings. The molecule has 0 spiro atoms. The predicted octanol–water partition coefficient (Wildman–Crippen LogP) is 2.97. The van der Waals surface area contributed by atoms with Crippen LogP contribution >= 0.6 is 11.6 Å². The van der Waals surface area contributed by atoms with Gasteiger partial charge in [-0.1, -0.05) is 11.6 Å². The number of alkyl halides is 1. The van der Waals surface area contributed by atoms with Gasteiger partial charge in [0.15, 0.2) is 11.5 Å². The van der Waals surface area contributed by atoms with Gasteiger partial charge in [0.2, 0.25) is 0 Å². The molecular formula is C17H19ClFN5O3. The second-order valence-electron chi connectivity index (χ2n) is 6.61. The predicted molar refractivity (Wildman–Crippen MR) is 96.8 cm³/mol. The summed E-state index contributed by atoms with van der Waals surface area (Å²) in [6.07, 6.45) is 2.16. The molecule has 3 rings (SSSR count). The van der Waals surface area contributed by atoms with Crippen LogP contribution in [0.1, 0.15) is 34.5 Å². The van der Waals surface area contributed by atoms with E-state index in [2.05, 4.69) is 15.4 Å². The average Bonchev–Trinajstić information content (AvgIpc) is 2.93. The number of piperidine rings is 1. The number of likely N-dealkylation sites (tertiary alicyclic amines) is 1. The van der Waals surface area contributed by atoms with Gasteiger partial charge < -0.3 is 10.0 Å². The third-order valence-electron chi connectivity index (χ3n) is 4.48. The molecule has 2 amide bonds. The normalized spacial score (nSPS) is 19.8. The Hall–Kier alpha value is -2.68. The standard InChI is InChI=1S/C17H19ClFN5O3/c1-10-6-11(18)7-20-13(10)17(19)4-3-5-24(9-17)15(25)12-8-23(2)22-14(12)21-16(26)27/h6-8H,3-5,9H2,1-2H3,(H,21,22)(H,26,27). The SMILES string of the molecule is Cc1cc(Cl)cnc1C1(F)CCCN(C(=O)c2cn(C)nc2NC(=O)O)C1. The summed E-state index contributed by atoms with van der Waals surface area (Å²) in [7, 11) is 1.57. The molecule has 8 nitrogen and oxygen atoms in total. The van der Waals surface area contributed by atoms with E-state index in [4.69, 9.17) is 16.7 Å². The highest BCUT2D eigenvalue weighted by molar-refractivity contribution is 6.30. The first-order chi connectivity index (χ1) is 12.7. The van der Waals surface area contributed by atoms with Crippen LogP contribution in [0.2, 0.25) is 5.02 Å². The Bertz CT molecular complexity index is 903. The molecule has 3 heterocycles. The summed E-state index contributed by atoms with van der Waals surface area (Å²) in [4.78, 5) is 29.3. The van der Waals surface area contributed by atoms with Crippen molar-refractivity contribution in [1.82, 2.24) is 19.7 Å². The van der Waals surface area contributed by atoms with Crippen LogP contribution in [0.25, 0.3) is 0 Å². The quantitative estimate of drug-likeness (QED) is 0.832. The lowest BCUT2D eigenvalue weighted by Crippen LogP contribution is -2.47. The molecule has 1 fully saturated rings. The molecule has 0 aromatic carbocycles. The van der Waals surface area contributed by atoms with Gasteiger partial charge in [-0.05, 0) is 31.4 Å². The van der Waals surface area contributed by atoms with E-state index in [0.717, 1.165) is 0 Å². The minimum Gasteiger partial charge on any atom is -0.465 e. The lowest BCUT2D eigenvalue weighted by atomic mass is 9.88. The van der Waals surface area contributed by atoms with Crippen molar-refractivity contribution >= 4 is 29.4 Å². The smallest absolute Gasteiger partial charge is 0.410 e.